The van der Waals surface area contributed by atoms with Crippen LogP contribution < -0.4 is 0 Å². The summed E-state index contributed by atoms with van der Waals surface area (Å²) in [5.41, 5.74) is 7.93. The van der Waals surface area contributed by atoms with E-state index in [-0.39, 0.29) is 5.41 Å². The first-order chi connectivity index (χ1) is 11.3. The monoisotopic (exact) mass is 317 g/mol. The summed E-state index contributed by atoms with van der Waals surface area (Å²) >= 11 is 0. The van der Waals surface area contributed by atoms with Crippen LogP contribution in [-0.4, -0.2) is 14.4 Å². The van der Waals surface area contributed by atoms with Crippen LogP contribution in [0.1, 0.15) is 50.1 Å². The molecule has 0 spiro atoms. The van der Waals surface area contributed by atoms with E-state index >= 15 is 0 Å². The van der Waals surface area contributed by atoms with E-state index in [9.17, 15) is 0 Å². The van der Waals surface area contributed by atoms with Crippen molar-refractivity contribution in [2.75, 3.05) is 0 Å². The van der Waals surface area contributed by atoms with E-state index in [1.807, 2.05) is 23.7 Å². The SMILES string of the molecule is CC#Cc1cnc2cnc(-c3ccc(C(C)(C)C)c(C)c3C)cn12. The topological polar surface area (TPSA) is 30.2 Å². The number of aromatic nitrogens is 3. The zero-order valence-corrected chi connectivity index (χ0v) is 15.2. The molecular formula is C21H23N3. The van der Waals surface area contributed by atoms with Crippen LogP contribution in [0, 0.1) is 25.7 Å². The van der Waals surface area contributed by atoms with Gasteiger partial charge in [-0.25, -0.2) is 4.98 Å². The largest absolute Gasteiger partial charge is 0.290 e. The zero-order valence-electron chi connectivity index (χ0n) is 15.2. The Hall–Kier alpha value is -2.60. The van der Waals surface area contributed by atoms with Crippen molar-refractivity contribution in [3.8, 4) is 23.1 Å². The highest BCUT2D eigenvalue weighted by molar-refractivity contribution is 5.67. The Balaban J connectivity index is 2.18. The van der Waals surface area contributed by atoms with E-state index in [2.05, 4.69) is 68.6 Å². The summed E-state index contributed by atoms with van der Waals surface area (Å²) in [6.07, 6.45) is 5.63. The Morgan fingerprint density at radius 1 is 1.00 bits per heavy atom. The van der Waals surface area contributed by atoms with Gasteiger partial charge in [-0.2, -0.15) is 0 Å². The lowest BCUT2D eigenvalue weighted by atomic mass is 9.81. The maximum absolute atomic E-state index is 4.61. The second-order valence-corrected chi connectivity index (χ2v) is 7.18. The molecule has 0 aliphatic carbocycles. The summed E-state index contributed by atoms with van der Waals surface area (Å²) in [5.74, 6) is 6.02. The van der Waals surface area contributed by atoms with Crippen molar-refractivity contribution in [2.45, 2.75) is 47.0 Å². The quantitative estimate of drug-likeness (QED) is 0.610. The van der Waals surface area contributed by atoms with Gasteiger partial charge in [0.05, 0.1) is 18.1 Å². The van der Waals surface area contributed by atoms with Crippen LogP contribution in [0.2, 0.25) is 0 Å². The van der Waals surface area contributed by atoms with E-state index in [1.54, 1.807) is 6.20 Å². The molecule has 2 heterocycles. The third-order valence-electron chi connectivity index (χ3n) is 4.52. The van der Waals surface area contributed by atoms with Gasteiger partial charge in [-0.3, -0.25) is 9.38 Å². The third kappa shape index (κ3) is 2.69. The lowest BCUT2D eigenvalue weighted by Gasteiger charge is -2.24. The molecule has 0 aliphatic heterocycles. The molecule has 3 rings (SSSR count). The van der Waals surface area contributed by atoms with Gasteiger partial charge in [0.25, 0.3) is 0 Å². The first-order valence-corrected chi connectivity index (χ1v) is 8.20. The highest BCUT2D eigenvalue weighted by atomic mass is 15.0. The highest BCUT2D eigenvalue weighted by Crippen LogP contribution is 2.32. The zero-order chi connectivity index (χ0) is 17.5. The van der Waals surface area contributed by atoms with Crippen molar-refractivity contribution >= 4 is 5.65 Å². The molecule has 122 valence electrons. The lowest BCUT2D eigenvalue weighted by Crippen LogP contribution is -2.14. The minimum atomic E-state index is 0.138. The van der Waals surface area contributed by atoms with Crippen molar-refractivity contribution < 1.29 is 0 Å². The molecule has 2 aromatic heterocycles. The molecule has 0 amide bonds. The molecule has 0 fully saturated rings. The fourth-order valence-electron chi connectivity index (χ4n) is 3.16. The van der Waals surface area contributed by atoms with Crippen LogP contribution in [0.4, 0.5) is 0 Å². The first kappa shape index (κ1) is 16.3. The Labute approximate surface area is 143 Å². The molecule has 0 radical (unpaired) electrons. The lowest BCUT2D eigenvalue weighted by molar-refractivity contribution is 0.585. The van der Waals surface area contributed by atoms with Gasteiger partial charge < -0.3 is 0 Å². The van der Waals surface area contributed by atoms with E-state index in [0.29, 0.717) is 0 Å². The molecule has 0 saturated carbocycles. The molecule has 3 heteroatoms. The maximum atomic E-state index is 4.61. The van der Waals surface area contributed by atoms with Gasteiger partial charge in [-0.05, 0) is 48.8 Å². The standard InChI is InChI=1S/C21H23N3/c1-7-8-16-11-23-20-12-22-19(13-24(16)20)17-9-10-18(21(4,5)6)15(3)14(17)2/h9-13H,1-6H3. The summed E-state index contributed by atoms with van der Waals surface area (Å²) in [4.78, 5) is 8.97. The Kier molecular flexibility index (Phi) is 3.93. The summed E-state index contributed by atoms with van der Waals surface area (Å²) in [7, 11) is 0. The maximum Gasteiger partial charge on any atom is 0.156 e. The molecule has 3 aromatic rings. The molecule has 3 nitrogen and oxygen atoms in total. The van der Waals surface area contributed by atoms with Gasteiger partial charge in [0.15, 0.2) is 5.65 Å². The normalized spacial score (nSPS) is 11.4. The second-order valence-electron chi connectivity index (χ2n) is 7.18. The summed E-state index contributed by atoms with van der Waals surface area (Å²) in [6.45, 7) is 13.0. The second kappa shape index (κ2) is 5.79. The predicted molar refractivity (Wildman–Crippen MR) is 99.1 cm³/mol. The molecule has 24 heavy (non-hydrogen) atoms. The minimum absolute atomic E-state index is 0.138. The summed E-state index contributed by atoms with van der Waals surface area (Å²) in [6, 6.07) is 4.41. The number of nitrogens with zero attached hydrogens (tertiary/aromatic N) is 3. The number of hydrogen-bond acceptors (Lipinski definition) is 2. The Bertz CT molecular complexity index is 976. The van der Waals surface area contributed by atoms with Crippen molar-refractivity contribution in [1.82, 2.24) is 14.4 Å². The number of fused-ring (bicyclic) bond motifs is 1. The van der Waals surface area contributed by atoms with Gasteiger partial charge in [-0.15, -0.1) is 0 Å². The Morgan fingerprint density at radius 3 is 2.42 bits per heavy atom. The molecule has 0 atom stereocenters. The van der Waals surface area contributed by atoms with Crippen LogP contribution >= 0.6 is 0 Å². The molecule has 0 bridgehead atoms. The van der Waals surface area contributed by atoms with Crippen LogP contribution in [-0.2, 0) is 5.41 Å². The highest BCUT2D eigenvalue weighted by Gasteiger charge is 2.19. The van der Waals surface area contributed by atoms with Gasteiger partial charge in [0.1, 0.15) is 5.69 Å². The van der Waals surface area contributed by atoms with Gasteiger partial charge >= 0.3 is 0 Å². The molecule has 0 aliphatic rings. The third-order valence-corrected chi connectivity index (χ3v) is 4.52. The van der Waals surface area contributed by atoms with Crippen molar-refractivity contribution in [3.05, 3.63) is 53.1 Å². The Morgan fingerprint density at radius 2 is 1.75 bits per heavy atom. The predicted octanol–water partition coefficient (Wildman–Crippen LogP) is 4.68. The molecule has 1 aromatic carbocycles. The fraction of sp³-hybridized carbons (Fsp3) is 0.333. The summed E-state index contributed by atoms with van der Waals surface area (Å²) < 4.78 is 2.01. The minimum Gasteiger partial charge on any atom is -0.290 e. The van der Waals surface area contributed by atoms with Crippen LogP contribution in [0.3, 0.4) is 0 Å². The van der Waals surface area contributed by atoms with Crippen molar-refractivity contribution in [1.29, 1.82) is 0 Å². The number of hydrogen-bond donors (Lipinski definition) is 0. The van der Waals surface area contributed by atoms with E-state index in [0.717, 1.165) is 22.6 Å². The first-order valence-electron chi connectivity index (χ1n) is 8.20. The van der Waals surface area contributed by atoms with Gasteiger partial charge in [0.2, 0.25) is 0 Å². The van der Waals surface area contributed by atoms with Crippen LogP contribution in [0.25, 0.3) is 16.9 Å². The molecule has 0 unspecified atom stereocenters. The number of benzene rings is 1. The van der Waals surface area contributed by atoms with Gasteiger partial charge in [-0.1, -0.05) is 38.8 Å². The molecular weight excluding hydrogens is 294 g/mol. The summed E-state index contributed by atoms with van der Waals surface area (Å²) in [5, 5.41) is 0. The van der Waals surface area contributed by atoms with E-state index in [4.69, 9.17) is 0 Å². The van der Waals surface area contributed by atoms with Crippen LogP contribution in [0.15, 0.2) is 30.7 Å². The smallest absolute Gasteiger partial charge is 0.156 e. The van der Waals surface area contributed by atoms with Gasteiger partial charge in [0, 0.05) is 11.8 Å². The number of imidazole rings is 1. The van der Waals surface area contributed by atoms with Crippen molar-refractivity contribution in [2.24, 2.45) is 0 Å². The molecule has 0 saturated heterocycles. The average Bonchev–Trinajstić information content (AvgIpc) is 2.91. The number of rotatable bonds is 1. The average molecular weight is 317 g/mol. The van der Waals surface area contributed by atoms with E-state index in [1.165, 1.54) is 16.7 Å². The van der Waals surface area contributed by atoms with Crippen molar-refractivity contribution in [3.63, 3.8) is 0 Å². The fourth-order valence-corrected chi connectivity index (χ4v) is 3.16. The van der Waals surface area contributed by atoms with Crippen LogP contribution in [0.5, 0.6) is 0 Å². The molecule has 0 N–H and O–H groups in total. The van der Waals surface area contributed by atoms with E-state index < -0.39 is 0 Å².